The van der Waals surface area contributed by atoms with Crippen molar-refractivity contribution in [3.8, 4) is 0 Å². The number of nitrogens with one attached hydrogen (secondary N) is 1. The highest BCUT2D eigenvalue weighted by atomic mass is 32.2. The molecule has 6 nitrogen and oxygen atoms in total. The Hall–Kier alpha value is -2.41. The molecule has 1 aromatic heterocycles. The first-order valence-corrected chi connectivity index (χ1v) is 11.1. The predicted octanol–water partition coefficient (Wildman–Crippen LogP) is 2.91. The van der Waals surface area contributed by atoms with E-state index in [1.165, 1.54) is 0 Å². The third-order valence-electron chi connectivity index (χ3n) is 4.94. The van der Waals surface area contributed by atoms with Gasteiger partial charge in [0.2, 0.25) is 0 Å². The van der Waals surface area contributed by atoms with Gasteiger partial charge in [-0.15, -0.1) is 0 Å². The Morgan fingerprint density at radius 3 is 2.59 bits per heavy atom. The van der Waals surface area contributed by atoms with Crippen LogP contribution >= 0.6 is 0 Å². The number of rotatable bonds is 6. The summed E-state index contributed by atoms with van der Waals surface area (Å²) in [5.41, 5.74) is 2.36. The number of nitrogens with zero attached hydrogens (tertiary/aromatic N) is 2. The van der Waals surface area contributed by atoms with Gasteiger partial charge < -0.3 is 10.2 Å². The quantitative estimate of drug-likeness (QED) is 0.824. The molecular formula is C20H25N3O3S. The Labute approximate surface area is 160 Å². The fourth-order valence-electron chi connectivity index (χ4n) is 3.46. The Morgan fingerprint density at radius 1 is 1.22 bits per heavy atom. The third kappa shape index (κ3) is 4.47. The first-order valence-electron chi connectivity index (χ1n) is 9.26. The maximum absolute atomic E-state index is 12.5. The average Bonchev–Trinajstić information content (AvgIpc) is 3.03. The number of carbonyl (C=O) groups is 1. The number of sulfone groups is 1. The number of benzene rings is 1. The fraction of sp³-hybridized carbons (Fsp3) is 0.400. The number of para-hydroxylation sites is 1. The van der Waals surface area contributed by atoms with Crippen molar-refractivity contribution in [1.29, 1.82) is 0 Å². The van der Waals surface area contributed by atoms with Crippen LogP contribution in [0.4, 0.5) is 11.5 Å². The van der Waals surface area contributed by atoms with Crippen LogP contribution in [0.2, 0.25) is 0 Å². The fourth-order valence-corrected chi connectivity index (χ4v) is 5.19. The summed E-state index contributed by atoms with van der Waals surface area (Å²) in [4.78, 5) is 18.9. The molecule has 144 valence electrons. The lowest BCUT2D eigenvalue weighted by molar-refractivity contribution is 0.102. The molecule has 7 heteroatoms. The molecule has 0 bridgehead atoms. The zero-order chi connectivity index (χ0) is 19.4. The first kappa shape index (κ1) is 19.4. The van der Waals surface area contributed by atoms with Gasteiger partial charge in [0.1, 0.15) is 5.82 Å². The van der Waals surface area contributed by atoms with Crippen molar-refractivity contribution in [2.75, 3.05) is 28.3 Å². The topological polar surface area (TPSA) is 79.4 Å². The van der Waals surface area contributed by atoms with Gasteiger partial charge in [-0.2, -0.15) is 0 Å². The van der Waals surface area contributed by atoms with E-state index >= 15 is 0 Å². The summed E-state index contributed by atoms with van der Waals surface area (Å²) in [7, 11) is -2.95. The highest BCUT2D eigenvalue weighted by Gasteiger charge is 2.32. The largest absolute Gasteiger partial charge is 0.353 e. The van der Waals surface area contributed by atoms with E-state index in [4.69, 9.17) is 0 Å². The van der Waals surface area contributed by atoms with Gasteiger partial charge in [-0.25, -0.2) is 13.4 Å². The van der Waals surface area contributed by atoms with E-state index in [1.54, 1.807) is 18.3 Å². The lowest BCUT2D eigenvalue weighted by Crippen LogP contribution is -2.36. The first-order chi connectivity index (χ1) is 12.9. The minimum absolute atomic E-state index is 0.0522. The van der Waals surface area contributed by atoms with Gasteiger partial charge in [0.25, 0.3) is 5.91 Å². The second kappa shape index (κ2) is 8.08. The van der Waals surface area contributed by atoms with Crippen molar-refractivity contribution in [3.63, 3.8) is 0 Å². The highest BCUT2D eigenvalue weighted by molar-refractivity contribution is 7.91. The number of anilines is 2. The van der Waals surface area contributed by atoms with Crippen molar-refractivity contribution in [3.05, 3.63) is 53.7 Å². The highest BCUT2D eigenvalue weighted by Crippen LogP contribution is 2.23. The molecule has 1 unspecified atom stereocenters. The van der Waals surface area contributed by atoms with Crippen LogP contribution in [-0.4, -0.2) is 43.4 Å². The van der Waals surface area contributed by atoms with E-state index < -0.39 is 9.84 Å². The SMILES string of the molecule is CCc1ccccc1NC(=O)c1ccc(N(CC)C2CCS(=O)(=O)C2)nc1. The van der Waals surface area contributed by atoms with Crippen LogP contribution in [0.3, 0.4) is 0 Å². The molecule has 1 saturated heterocycles. The standard InChI is InChI=1S/C20H25N3O3S/c1-3-15-7-5-6-8-18(15)22-20(24)16-9-10-19(21-13-16)23(4-2)17-11-12-27(25,26)14-17/h5-10,13,17H,3-4,11-12,14H2,1-2H3,(H,22,24). The molecule has 0 aliphatic carbocycles. The van der Waals surface area contributed by atoms with E-state index in [0.29, 0.717) is 24.3 Å². The third-order valence-corrected chi connectivity index (χ3v) is 6.69. The summed E-state index contributed by atoms with van der Waals surface area (Å²) in [6.45, 7) is 4.70. The Bertz CT molecular complexity index is 910. The van der Waals surface area contributed by atoms with Gasteiger partial charge in [-0.3, -0.25) is 4.79 Å². The number of carbonyl (C=O) groups excluding carboxylic acids is 1. The number of aryl methyl sites for hydroxylation is 1. The Kier molecular flexibility index (Phi) is 5.79. The minimum atomic E-state index is -2.95. The Morgan fingerprint density at radius 2 is 2.00 bits per heavy atom. The molecule has 3 rings (SSSR count). The van der Waals surface area contributed by atoms with E-state index in [9.17, 15) is 13.2 Å². The lowest BCUT2D eigenvalue weighted by Gasteiger charge is -2.28. The lowest BCUT2D eigenvalue weighted by atomic mass is 10.1. The van der Waals surface area contributed by atoms with Crippen molar-refractivity contribution in [2.45, 2.75) is 32.7 Å². The summed E-state index contributed by atoms with van der Waals surface area (Å²) in [5.74, 6) is 0.885. The second-order valence-corrected chi connectivity index (χ2v) is 8.94. The summed E-state index contributed by atoms with van der Waals surface area (Å²) in [6.07, 6.45) is 3.00. The summed E-state index contributed by atoms with van der Waals surface area (Å²) in [5, 5.41) is 2.93. The smallest absolute Gasteiger partial charge is 0.257 e. The molecule has 27 heavy (non-hydrogen) atoms. The number of amides is 1. The molecule has 0 spiro atoms. The van der Waals surface area contributed by atoms with Crippen LogP contribution in [-0.2, 0) is 16.3 Å². The zero-order valence-electron chi connectivity index (χ0n) is 15.7. The summed E-state index contributed by atoms with van der Waals surface area (Å²) < 4.78 is 23.5. The second-order valence-electron chi connectivity index (χ2n) is 6.71. The van der Waals surface area contributed by atoms with E-state index in [2.05, 4.69) is 10.3 Å². The monoisotopic (exact) mass is 387 g/mol. The van der Waals surface area contributed by atoms with Crippen molar-refractivity contribution < 1.29 is 13.2 Å². The molecule has 0 radical (unpaired) electrons. The van der Waals surface area contributed by atoms with Crippen LogP contribution in [0.25, 0.3) is 0 Å². The minimum Gasteiger partial charge on any atom is -0.353 e. The zero-order valence-corrected chi connectivity index (χ0v) is 16.5. The number of aromatic nitrogens is 1. The molecule has 1 aliphatic rings. The van der Waals surface area contributed by atoms with Gasteiger partial charge >= 0.3 is 0 Å². The molecule has 1 aromatic carbocycles. The molecular weight excluding hydrogens is 362 g/mol. The summed E-state index contributed by atoms with van der Waals surface area (Å²) >= 11 is 0. The summed E-state index contributed by atoms with van der Waals surface area (Å²) in [6, 6.07) is 11.2. The van der Waals surface area contributed by atoms with Crippen molar-refractivity contribution in [1.82, 2.24) is 4.98 Å². The van der Waals surface area contributed by atoms with Gasteiger partial charge in [-0.1, -0.05) is 25.1 Å². The molecule has 1 aliphatic heterocycles. The van der Waals surface area contributed by atoms with Crippen LogP contribution in [0.1, 0.15) is 36.2 Å². The molecule has 0 saturated carbocycles. The molecule has 1 fully saturated rings. The molecule has 1 amide bonds. The average molecular weight is 388 g/mol. The van der Waals surface area contributed by atoms with E-state index in [-0.39, 0.29) is 23.5 Å². The van der Waals surface area contributed by atoms with E-state index in [1.807, 2.05) is 43.0 Å². The Balaban J connectivity index is 1.73. The van der Waals surface area contributed by atoms with Crippen LogP contribution in [0.15, 0.2) is 42.6 Å². The molecule has 1 atom stereocenters. The maximum Gasteiger partial charge on any atom is 0.257 e. The molecule has 2 heterocycles. The molecule has 2 aromatic rings. The van der Waals surface area contributed by atoms with Gasteiger partial charge in [0.15, 0.2) is 9.84 Å². The number of hydrogen-bond donors (Lipinski definition) is 1. The predicted molar refractivity (Wildman–Crippen MR) is 108 cm³/mol. The van der Waals surface area contributed by atoms with Crippen molar-refractivity contribution >= 4 is 27.2 Å². The van der Waals surface area contributed by atoms with Gasteiger partial charge in [-0.05, 0) is 43.5 Å². The van der Waals surface area contributed by atoms with Gasteiger partial charge in [0.05, 0.1) is 17.1 Å². The van der Waals surface area contributed by atoms with Gasteiger partial charge in [0, 0.05) is 24.5 Å². The molecule has 1 N–H and O–H groups in total. The van der Waals surface area contributed by atoms with Crippen LogP contribution in [0, 0.1) is 0 Å². The number of pyridine rings is 1. The van der Waals surface area contributed by atoms with Crippen molar-refractivity contribution in [2.24, 2.45) is 0 Å². The van der Waals surface area contributed by atoms with Crippen LogP contribution < -0.4 is 10.2 Å². The maximum atomic E-state index is 12.5. The van der Waals surface area contributed by atoms with Crippen LogP contribution in [0.5, 0.6) is 0 Å². The van der Waals surface area contributed by atoms with E-state index in [0.717, 1.165) is 17.7 Å². The number of hydrogen-bond acceptors (Lipinski definition) is 5. The normalized spacial score (nSPS) is 18.2.